The molecule has 23 heavy (non-hydrogen) atoms. The van der Waals surface area contributed by atoms with Gasteiger partial charge < -0.3 is 14.6 Å². The molecule has 0 radical (unpaired) electrons. The van der Waals surface area contributed by atoms with Crippen molar-refractivity contribution < 1.29 is 4.42 Å². The van der Waals surface area contributed by atoms with E-state index in [1.807, 2.05) is 57.4 Å². The topological polar surface area (TPSA) is 54.2 Å². The number of nitrogens with zero attached hydrogens (tertiary/aromatic N) is 3. The molecule has 0 spiro atoms. The number of nitrogens with one attached hydrogen (secondary N) is 1. The molecule has 118 valence electrons. The molecule has 0 saturated carbocycles. The number of benzene rings is 2. The Balaban J connectivity index is 1.67. The SMILES string of the molecule is Cc1ccccc1-c1nnc(CNc2ccc(N(C)C)cc2)o1. The monoisotopic (exact) mass is 308 g/mol. The third kappa shape index (κ3) is 3.51. The highest BCUT2D eigenvalue weighted by atomic mass is 16.4. The largest absolute Gasteiger partial charge is 0.419 e. The molecule has 2 aromatic carbocycles. The second-order valence-corrected chi connectivity index (χ2v) is 5.61. The average Bonchev–Trinajstić information content (AvgIpc) is 3.02. The van der Waals surface area contributed by atoms with E-state index in [9.17, 15) is 0 Å². The second kappa shape index (κ2) is 6.52. The van der Waals surface area contributed by atoms with Crippen molar-refractivity contribution in [1.29, 1.82) is 0 Å². The maximum atomic E-state index is 5.74. The van der Waals surface area contributed by atoms with Crippen molar-refractivity contribution in [3.05, 3.63) is 60.0 Å². The van der Waals surface area contributed by atoms with Gasteiger partial charge in [-0.1, -0.05) is 18.2 Å². The summed E-state index contributed by atoms with van der Waals surface area (Å²) in [5, 5.41) is 11.5. The molecule has 5 heteroatoms. The molecule has 0 atom stereocenters. The van der Waals surface area contributed by atoms with Gasteiger partial charge in [0.25, 0.3) is 0 Å². The standard InChI is InChI=1S/C18H20N4O/c1-13-6-4-5-7-16(13)18-21-20-17(23-18)12-19-14-8-10-15(11-9-14)22(2)3/h4-11,19H,12H2,1-3H3. The minimum absolute atomic E-state index is 0.500. The summed E-state index contributed by atoms with van der Waals surface area (Å²) in [6.45, 7) is 2.53. The van der Waals surface area contributed by atoms with Crippen LogP contribution in [-0.4, -0.2) is 24.3 Å². The van der Waals surface area contributed by atoms with Crippen LogP contribution >= 0.6 is 0 Å². The fourth-order valence-electron chi connectivity index (χ4n) is 2.30. The zero-order valence-corrected chi connectivity index (χ0v) is 13.6. The van der Waals surface area contributed by atoms with Gasteiger partial charge in [0.1, 0.15) is 0 Å². The first-order valence-electron chi connectivity index (χ1n) is 7.53. The summed E-state index contributed by atoms with van der Waals surface area (Å²) in [5.74, 6) is 1.13. The minimum atomic E-state index is 0.500. The highest BCUT2D eigenvalue weighted by Gasteiger charge is 2.10. The smallest absolute Gasteiger partial charge is 0.248 e. The Morgan fingerprint density at radius 3 is 2.43 bits per heavy atom. The summed E-state index contributed by atoms with van der Waals surface area (Å²) in [5.41, 5.74) is 4.28. The van der Waals surface area contributed by atoms with Crippen molar-refractivity contribution >= 4 is 11.4 Å². The van der Waals surface area contributed by atoms with Crippen LogP contribution in [0.4, 0.5) is 11.4 Å². The zero-order valence-electron chi connectivity index (χ0n) is 13.6. The Bertz CT molecular complexity index is 778. The van der Waals surface area contributed by atoms with Gasteiger partial charge in [-0.15, -0.1) is 10.2 Å². The van der Waals surface area contributed by atoms with Crippen LogP contribution in [0.25, 0.3) is 11.5 Å². The lowest BCUT2D eigenvalue weighted by molar-refractivity contribution is 0.514. The van der Waals surface area contributed by atoms with Crippen LogP contribution in [0.2, 0.25) is 0 Å². The van der Waals surface area contributed by atoms with Crippen LogP contribution in [0.5, 0.6) is 0 Å². The lowest BCUT2D eigenvalue weighted by Gasteiger charge is -2.12. The van der Waals surface area contributed by atoms with Crippen LogP contribution in [0, 0.1) is 6.92 Å². The van der Waals surface area contributed by atoms with Crippen LogP contribution < -0.4 is 10.2 Å². The Kier molecular flexibility index (Phi) is 4.28. The highest BCUT2D eigenvalue weighted by molar-refractivity contribution is 5.57. The third-order valence-electron chi connectivity index (χ3n) is 3.67. The van der Waals surface area contributed by atoms with Crippen molar-refractivity contribution in [3.63, 3.8) is 0 Å². The molecular weight excluding hydrogens is 288 g/mol. The number of anilines is 2. The van der Waals surface area contributed by atoms with Gasteiger partial charge in [-0.2, -0.15) is 0 Å². The molecule has 1 heterocycles. The fraction of sp³-hybridized carbons (Fsp3) is 0.222. The highest BCUT2D eigenvalue weighted by Crippen LogP contribution is 2.22. The molecule has 0 unspecified atom stereocenters. The Morgan fingerprint density at radius 2 is 1.74 bits per heavy atom. The van der Waals surface area contributed by atoms with E-state index in [-0.39, 0.29) is 0 Å². The summed E-state index contributed by atoms with van der Waals surface area (Å²) in [4.78, 5) is 2.07. The molecule has 1 N–H and O–H groups in total. The predicted octanol–water partition coefficient (Wildman–Crippen LogP) is 3.72. The maximum Gasteiger partial charge on any atom is 0.248 e. The van der Waals surface area contributed by atoms with E-state index >= 15 is 0 Å². The summed E-state index contributed by atoms with van der Waals surface area (Å²) in [6, 6.07) is 16.2. The lowest BCUT2D eigenvalue weighted by atomic mass is 10.1. The molecule has 0 aliphatic carbocycles. The molecule has 3 rings (SSSR count). The summed E-state index contributed by atoms with van der Waals surface area (Å²) >= 11 is 0. The first-order chi connectivity index (χ1) is 11.1. The Hall–Kier alpha value is -2.82. The van der Waals surface area contributed by atoms with Crippen LogP contribution in [0.3, 0.4) is 0 Å². The lowest BCUT2D eigenvalue weighted by Crippen LogP contribution is -2.08. The molecule has 0 fully saturated rings. The maximum absolute atomic E-state index is 5.74. The molecule has 0 amide bonds. The van der Waals surface area contributed by atoms with E-state index < -0.39 is 0 Å². The van der Waals surface area contributed by atoms with Gasteiger partial charge in [0.15, 0.2) is 0 Å². The molecule has 0 aliphatic rings. The van der Waals surface area contributed by atoms with Gasteiger partial charge in [0, 0.05) is 31.0 Å². The van der Waals surface area contributed by atoms with E-state index in [1.54, 1.807) is 0 Å². The Labute approximate surface area is 136 Å². The molecular formula is C18H20N4O. The van der Waals surface area contributed by atoms with Crippen molar-refractivity contribution in [2.45, 2.75) is 13.5 Å². The quantitative estimate of drug-likeness (QED) is 0.778. The van der Waals surface area contributed by atoms with Crippen LogP contribution in [-0.2, 0) is 6.54 Å². The van der Waals surface area contributed by atoms with Gasteiger partial charge in [0.05, 0.1) is 6.54 Å². The number of aryl methyl sites for hydroxylation is 1. The van der Waals surface area contributed by atoms with Crippen molar-refractivity contribution in [3.8, 4) is 11.5 Å². The molecule has 0 aliphatic heterocycles. The van der Waals surface area contributed by atoms with Gasteiger partial charge in [-0.3, -0.25) is 0 Å². The Morgan fingerprint density at radius 1 is 1.00 bits per heavy atom. The summed E-state index contributed by atoms with van der Waals surface area (Å²) in [6.07, 6.45) is 0. The zero-order chi connectivity index (χ0) is 16.2. The second-order valence-electron chi connectivity index (χ2n) is 5.61. The number of aromatic nitrogens is 2. The van der Waals surface area contributed by atoms with Gasteiger partial charge >= 0.3 is 0 Å². The van der Waals surface area contributed by atoms with E-state index in [0.717, 1.165) is 22.5 Å². The predicted molar refractivity (Wildman–Crippen MR) is 92.6 cm³/mol. The molecule has 5 nitrogen and oxygen atoms in total. The van der Waals surface area contributed by atoms with E-state index in [2.05, 4.69) is 32.5 Å². The van der Waals surface area contributed by atoms with Gasteiger partial charge in [-0.05, 0) is 42.8 Å². The van der Waals surface area contributed by atoms with Crippen molar-refractivity contribution in [1.82, 2.24) is 10.2 Å². The number of hydrogen-bond donors (Lipinski definition) is 1. The van der Waals surface area contributed by atoms with Gasteiger partial charge in [0.2, 0.25) is 11.8 Å². The minimum Gasteiger partial charge on any atom is -0.419 e. The summed E-state index contributed by atoms with van der Waals surface area (Å²) < 4.78 is 5.74. The fourth-order valence-corrected chi connectivity index (χ4v) is 2.30. The van der Waals surface area contributed by atoms with Crippen LogP contribution in [0.15, 0.2) is 52.9 Å². The van der Waals surface area contributed by atoms with E-state index in [0.29, 0.717) is 18.3 Å². The third-order valence-corrected chi connectivity index (χ3v) is 3.67. The number of hydrogen-bond acceptors (Lipinski definition) is 5. The average molecular weight is 308 g/mol. The van der Waals surface area contributed by atoms with E-state index in [4.69, 9.17) is 4.42 Å². The first-order valence-corrected chi connectivity index (χ1v) is 7.53. The molecule has 0 bridgehead atoms. The molecule has 1 aromatic heterocycles. The normalized spacial score (nSPS) is 10.6. The molecule has 3 aromatic rings. The molecule has 0 saturated heterocycles. The van der Waals surface area contributed by atoms with Crippen molar-refractivity contribution in [2.75, 3.05) is 24.3 Å². The summed E-state index contributed by atoms with van der Waals surface area (Å²) in [7, 11) is 4.04. The van der Waals surface area contributed by atoms with E-state index in [1.165, 1.54) is 0 Å². The van der Waals surface area contributed by atoms with Gasteiger partial charge in [-0.25, -0.2) is 0 Å². The number of rotatable bonds is 5. The van der Waals surface area contributed by atoms with Crippen molar-refractivity contribution in [2.24, 2.45) is 0 Å². The first kappa shape index (κ1) is 15.1. The van der Waals surface area contributed by atoms with Crippen LogP contribution in [0.1, 0.15) is 11.5 Å².